The third-order valence-electron chi connectivity index (χ3n) is 4.46. The van der Waals surface area contributed by atoms with Gasteiger partial charge in [0.1, 0.15) is 11.5 Å². The Kier molecular flexibility index (Phi) is 5.40. The topological polar surface area (TPSA) is 89.0 Å². The molecule has 0 N–H and O–H groups in total. The van der Waals surface area contributed by atoms with E-state index in [1.165, 1.54) is 17.1 Å². The number of nitro benzene ring substituents is 1. The van der Waals surface area contributed by atoms with Crippen molar-refractivity contribution in [1.82, 2.24) is 0 Å². The van der Waals surface area contributed by atoms with E-state index in [2.05, 4.69) is 37.0 Å². The van der Waals surface area contributed by atoms with Gasteiger partial charge in [-0.3, -0.25) is 14.9 Å². The van der Waals surface area contributed by atoms with Crippen LogP contribution in [-0.4, -0.2) is 16.5 Å². The van der Waals surface area contributed by atoms with Crippen LogP contribution in [0.2, 0.25) is 0 Å². The zero-order valence-electron chi connectivity index (χ0n) is 15.5. The van der Waals surface area contributed by atoms with Gasteiger partial charge in [0.2, 0.25) is 0 Å². The van der Waals surface area contributed by atoms with Crippen LogP contribution in [0.5, 0.6) is 0 Å². The molecule has 0 aliphatic carbocycles. The maximum atomic E-state index is 12.9. The second-order valence-corrected chi connectivity index (χ2v) is 8.23. The van der Waals surface area contributed by atoms with Crippen LogP contribution >= 0.6 is 31.9 Å². The van der Waals surface area contributed by atoms with Crippen molar-refractivity contribution >= 4 is 60.9 Å². The number of furan rings is 1. The molecule has 0 bridgehead atoms. The minimum Gasteiger partial charge on any atom is -0.457 e. The molecule has 0 saturated heterocycles. The normalized spacial score (nSPS) is 15.0. The number of carbonyl (C=O) groups excluding carboxylic acids is 1. The SMILES string of the molecule is CC1=NN(c2cccc(Br)c2)C(=O)/C1=C\c1ccc(-c2ccc([N+](=O)[O-])cc2Br)o1. The Morgan fingerprint density at radius 1 is 1.13 bits per heavy atom. The van der Waals surface area contributed by atoms with E-state index in [0.717, 1.165) is 4.47 Å². The average Bonchev–Trinajstić information content (AvgIpc) is 3.28. The number of halogens is 2. The summed E-state index contributed by atoms with van der Waals surface area (Å²) in [6, 6.07) is 15.2. The standard InChI is InChI=1S/C21H13Br2N3O4/c1-12-18(21(27)25(24-12)14-4-2-3-13(22)9-14)11-16-6-8-20(30-16)17-7-5-15(26(28)29)10-19(17)23/h2-11H,1H3/b18-11-. The second kappa shape index (κ2) is 8.00. The van der Waals surface area contributed by atoms with Gasteiger partial charge in [0.15, 0.2) is 0 Å². The smallest absolute Gasteiger partial charge is 0.280 e. The van der Waals surface area contributed by atoms with Gasteiger partial charge in [-0.2, -0.15) is 10.1 Å². The van der Waals surface area contributed by atoms with Crippen LogP contribution in [0.15, 0.2) is 78.6 Å². The molecule has 0 fully saturated rings. The first-order valence-electron chi connectivity index (χ1n) is 8.75. The lowest BCUT2D eigenvalue weighted by molar-refractivity contribution is -0.384. The van der Waals surface area contributed by atoms with Gasteiger partial charge in [-0.25, -0.2) is 0 Å². The van der Waals surface area contributed by atoms with E-state index >= 15 is 0 Å². The third kappa shape index (κ3) is 3.86. The van der Waals surface area contributed by atoms with Crippen LogP contribution in [0, 0.1) is 10.1 Å². The largest absolute Gasteiger partial charge is 0.457 e. The maximum absolute atomic E-state index is 12.9. The highest BCUT2D eigenvalue weighted by molar-refractivity contribution is 9.10. The zero-order valence-corrected chi connectivity index (χ0v) is 18.7. The molecule has 0 spiro atoms. The number of hydrazone groups is 1. The Balaban J connectivity index is 1.62. The van der Waals surface area contributed by atoms with Crippen LogP contribution in [0.3, 0.4) is 0 Å². The van der Waals surface area contributed by atoms with E-state index < -0.39 is 4.92 Å². The number of hydrogen-bond donors (Lipinski definition) is 0. The predicted molar refractivity (Wildman–Crippen MR) is 121 cm³/mol. The fraction of sp³-hybridized carbons (Fsp3) is 0.0476. The molecule has 30 heavy (non-hydrogen) atoms. The fourth-order valence-corrected chi connectivity index (χ4v) is 3.95. The van der Waals surface area contributed by atoms with Crippen molar-refractivity contribution in [2.24, 2.45) is 5.10 Å². The van der Waals surface area contributed by atoms with Crippen molar-refractivity contribution < 1.29 is 14.1 Å². The molecule has 4 rings (SSSR count). The number of anilines is 1. The first-order valence-corrected chi connectivity index (χ1v) is 10.3. The van der Waals surface area contributed by atoms with Crippen molar-refractivity contribution in [2.75, 3.05) is 5.01 Å². The summed E-state index contributed by atoms with van der Waals surface area (Å²) in [5, 5.41) is 16.6. The van der Waals surface area contributed by atoms with Crippen molar-refractivity contribution in [2.45, 2.75) is 6.92 Å². The van der Waals surface area contributed by atoms with E-state index in [4.69, 9.17) is 4.42 Å². The molecule has 1 aliphatic rings. The second-order valence-electron chi connectivity index (χ2n) is 6.46. The molecule has 150 valence electrons. The molecule has 0 saturated carbocycles. The fourth-order valence-electron chi connectivity index (χ4n) is 3.00. The Bertz CT molecular complexity index is 1250. The molecule has 3 aromatic rings. The number of rotatable bonds is 4. The van der Waals surface area contributed by atoms with Crippen LogP contribution in [0.1, 0.15) is 12.7 Å². The molecule has 0 radical (unpaired) electrons. The van der Waals surface area contributed by atoms with E-state index in [-0.39, 0.29) is 11.6 Å². The molecule has 7 nitrogen and oxygen atoms in total. The van der Waals surface area contributed by atoms with E-state index in [1.807, 2.05) is 18.2 Å². The Morgan fingerprint density at radius 2 is 1.93 bits per heavy atom. The number of benzene rings is 2. The summed E-state index contributed by atoms with van der Waals surface area (Å²) < 4.78 is 7.25. The lowest BCUT2D eigenvalue weighted by atomic mass is 10.1. The molecule has 1 aliphatic heterocycles. The van der Waals surface area contributed by atoms with Gasteiger partial charge in [0.25, 0.3) is 11.6 Å². The van der Waals surface area contributed by atoms with E-state index in [0.29, 0.717) is 38.5 Å². The lowest BCUT2D eigenvalue weighted by Crippen LogP contribution is -2.21. The Labute approximate surface area is 188 Å². The molecule has 1 amide bonds. The van der Waals surface area contributed by atoms with Crippen LogP contribution in [0.4, 0.5) is 11.4 Å². The van der Waals surface area contributed by atoms with Crippen LogP contribution < -0.4 is 5.01 Å². The summed E-state index contributed by atoms with van der Waals surface area (Å²) in [5.74, 6) is 0.747. The molecule has 9 heteroatoms. The highest BCUT2D eigenvalue weighted by atomic mass is 79.9. The van der Waals surface area contributed by atoms with Crippen LogP contribution in [0.25, 0.3) is 17.4 Å². The van der Waals surface area contributed by atoms with Crippen molar-refractivity contribution in [3.63, 3.8) is 0 Å². The minimum atomic E-state index is -0.461. The number of nitro groups is 1. The summed E-state index contributed by atoms with van der Waals surface area (Å²) in [6.07, 6.45) is 1.64. The van der Waals surface area contributed by atoms with Gasteiger partial charge in [-0.1, -0.05) is 22.0 Å². The summed E-state index contributed by atoms with van der Waals surface area (Å²) in [4.78, 5) is 23.3. The summed E-state index contributed by atoms with van der Waals surface area (Å²) in [7, 11) is 0. The molecular weight excluding hydrogens is 518 g/mol. The highest BCUT2D eigenvalue weighted by Gasteiger charge is 2.29. The first-order chi connectivity index (χ1) is 14.3. The summed E-state index contributed by atoms with van der Waals surface area (Å²) >= 11 is 6.74. The first kappa shape index (κ1) is 20.2. The number of carbonyl (C=O) groups is 1. The molecular formula is C21H13Br2N3O4. The molecule has 0 atom stereocenters. The van der Waals surface area contributed by atoms with Gasteiger partial charge in [0.05, 0.1) is 21.9 Å². The highest BCUT2D eigenvalue weighted by Crippen LogP contribution is 2.33. The number of hydrogen-bond acceptors (Lipinski definition) is 5. The van der Waals surface area contributed by atoms with Gasteiger partial charge < -0.3 is 4.42 Å². The number of nitrogens with zero attached hydrogens (tertiary/aromatic N) is 3. The molecule has 2 heterocycles. The monoisotopic (exact) mass is 529 g/mol. The summed E-state index contributed by atoms with van der Waals surface area (Å²) in [6.45, 7) is 1.76. The van der Waals surface area contributed by atoms with Crippen molar-refractivity contribution in [3.05, 3.63) is 85.0 Å². The van der Waals surface area contributed by atoms with E-state index in [1.54, 1.807) is 37.3 Å². The minimum absolute atomic E-state index is 0.0180. The average molecular weight is 531 g/mol. The molecule has 0 unspecified atom stereocenters. The molecule has 1 aromatic heterocycles. The maximum Gasteiger partial charge on any atom is 0.280 e. The van der Waals surface area contributed by atoms with Crippen LogP contribution in [-0.2, 0) is 4.79 Å². The van der Waals surface area contributed by atoms with Gasteiger partial charge in [-0.15, -0.1) is 0 Å². The van der Waals surface area contributed by atoms with E-state index in [9.17, 15) is 14.9 Å². The van der Waals surface area contributed by atoms with Gasteiger partial charge >= 0.3 is 0 Å². The summed E-state index contributed by atoms with van der Waals surface area (Å²) in [5.41, 5.74) is 2.32. The Morgan fingerprint density at radius 3 is 2.63 bits per heavy atom. The van der Waals surface area contributed by atoms with Crippen molar-refractivity contribution in [1.29, 1.82) is 0 Å². The van der Waals surface area contributed by atoms with Crippen molar-refractivity contribution in [3.8, 4) is 11.3 Å². The lowest BCUT2D eigenvalue weighted by Gasteiger charge is -2.11. The Hall–Kier alpha value is -3.04. The molecule has 2 aromatic carbocycles. The quantitative estimate of drug-likeness (QED) is 0.228. The third-order valence-corrected chi connectivity index (χ3v) is 5.61. The predicted octanol–water partition coefficient (Wildman–Crippen LogP) is 6.19. The zero-order chi connectivity index (χ0) is 21.4. The number of non-ortho nitro benzene ring substituents is 1. The van der Waals surface area contributed by atoms with Gasteiger partial charge in [-0.05, 0) is 65.3 Å². The van der Waals surface area contributed by atoms with Gasteiger partial charge in [0, 0.05) is 26.6 Å². The number of amides is 1.